The van der Waals surface area contributed by atoms with Crippen molar-refractivity contribution in [2.45, 2.75) is 19.9 Å². The Balaban J connectivity index is 2.24. The number of hydrogen-bond acceptors (Lipinski definition) is 3. The van der Waals surface area contributed by atoms with Gasteiger partial charge in [-0.05, 0) is 31.2 Å². The van der Waals surface area contributed by atoms with E-state index in [0.29, 0.717) is 12.1 Å². The van der Waals surface area contributed by atoms with Gasteiger partial charge in [0.25, 0.3) is 0 Å². The minimum absolute atomic E-state index is 0.0414. The van der Waals surface area contributed by atoms with E-state index in [9.17, 15) is 8.78 Å². The van der Waals surface area contributed by atoms with E-state index >= 15 is 0 Å². The third kappa shape index (κ3) is 4.12. The van der Waals surface area contributed by atoms with Crippen molar-refractivity contribution >= 4 is 11.6 Å². The topological polar surface area (TPSA) is 34.2 Å². The van der Waals surface area contributed by atoms with Gasteiger partial charge in [0.15, 0.2) is 11.6 Å². The largest absolute Gasteiger partial charge is 0.436 e. The first-order valence-electron chi connectivity index (χ1n) is 6.58. The first-order valence-corrected chi connectivity index (χ1v) is 6.96. The molecular formula is C15H15ClF2N2O. The molecule has 0 amide bonds. The molecule has 112 valence electrons. The van der Waals surface area contributed by atoms with E-state index in [2.05, 4.69) is 10.3 Å². The van der Waals surface area contributed by atoms with E-state index in [-0.39, 0.29) is 16.7 Å². The number of nitrogens with zero attached hydrogens (tertiary/aromatic N) is 1. The van der Waals surface area contributed by atoms with Crippen molar-refractivity contribution in [3.05, 3.63) is 52.7 Å². The molecule has 0 aliphatic rings. The Kier molecular flexibility index (Phi) is 5.47. The monoisotopic (exact) mass is 312 g/mol. The molecule has 0 aliphatic carbocycles. The zero-order valence-electron chi connectivity index (χ0n) is 11.5. The van der Waals surface area contributed by atoms with Gasteiger partial charge in [-0.2, -0.15) is 0 Å². The van der Waals surface area contributed by atoms with Crippen molar-refractivity contribution in [3.8, 4) is 11.6 Å². The third-order valence-electron chi connectivity index (χ3n) is 2.76. The first kappa shape index (κ1) is 15.7. The van der Waals surface area contributed by atoms with Gasteiger partial charge in [-0.3, -0.25) is 0 Å². The van der Waals surface area contributed by atoms with Crippen LogP contribution in [0.3, 0.4) is 0 Å². The molecule has 0 atom stereocenters. The van der Waals surface area contributed by atoms with Crippen molar-refractivity contribution in [3.63, 3.8) is 0 Å². The van der Waals surface area contributed by atoms with Gasteiger partial charge in [0.05, 0.1) is 11.2 Å². The lowest BCUT2D eigenvalue weighted by Gasteiger charge is -2.11. The van der Waals surface area contributed by atoms with Gasteiger partial charge in [0, 0.05) is 12.1 Å². The molecule has 1 aromatic heterocycles. The number of halogens is 3. The molecule has 0 unspecified atom stereocenters. The van der Waals surface area contributed by atoms with E-state index in [1.54, 1.807) is 6.07 Å². The molecule has 0 spiro atoms. The summed E-state index contributed by atoms with van der Waals surface area (Å²) in [6, 6.07) is 5.74. The molecule has 0 saturated carbocycles. The van der Waals surface area contributed by atoms with Gasteiger partial charge in [-0.25, -0.2) is 13.8 Å². The molecule has 0 fully saturated rings. The van der Waals surface area contributed by atoms with Gasteiger partial charge in [0.1, 0.15) is 5.82 Å². The van der Waals surface area contributed by atoms with Gasteiger partial charge in [0.2, 0.25) is 5.88 Å². The zero-order valence-corrected chi connectivity index (χ0v) is 12.3. The average molecular weight is 313 g/mol. The van der Waals surface area contributed by atoms with Crippen LogP contribution in [0.4, 0.5) is 8.78 Å². The Morgan fingerprint density at radius 1 is 1.33 bits per heavy atom. The number of aromatic nitrogens is 1. The summed E-state index contributed by atoms with van der Waals surface area (Å²) in [5.41, 5.74) is 0.517. The molecule has 0 saturated heterocycles. The van der Waals surface area contributed by atoms with E-state index in [4.69, 9.17) is 16.3 Å². The highest BCUT2D eigenvalue weighted by Crippen LogP contribution is 2.29. The van der Waals surface area contributed by atoms with Crippen molar-refractivity contribution in [1.82, 2.24) is 10.3 Å². The van der Waals surface area contributed by atoms with E-state index < -0.39 is 11.6 Å². The summed E-state index contributed by atoms with van der Waals surface area (Å²) in [6.45, 7) is 3.19. The first-order chi connectivity index (χ1) is 10.1. The minimum Gasteiger partial charge on any atom is -0.436 e. The van der Waals surface area contributed by atoms with Crippen molar-refractivity contribution < 1.29 is 13.5 Å². The fourth-order valence-electron chi connectivity index (χ4n) is 1.75. The van der Waals surface area contributed by atoms with E-state index in [1.165, 1.54) is 18.2 Å². The van der Waals surface area contributed by atoms with Crippen LogP contribution in [-0.2, 0) is 6.54 Å². The maximum absolute atomic E-state index is 13.8. The maximum Gasteiger partial charge on any atom is 0.224 e. The summed E-state index contributed by atoms with van der Waals surface area (Å²) in [5.74, 6) is -1.03. The number of hydrogen-bond donors (Lipinski definition) is 1. The second-order valence-electron chi connectivity index (χ2n) is 4.45. The minimum atomic E-state index is -0.669. The maximum atomic E-state index is 13.8. The van der Waals surface area contributed by atoms with Crippen molar-refractivity contribution in [2.24, 2.45) is 0 Å². The second-order valence-corrected chi connectivity index (χ2v) is 4.86. The van der Waals surface area contributed by atoms with Crippen LogP contribution in [0, 0.1) is 11.6 Å². The van der Waals surface area contributed by atoms with Crippen LogP contribution in [0.25, 0.3) is 0 Å². The Morgan fingerprint density at radius 3 is 2.90 bits per heavy atom. The molecule has 2 aromatic rings. The van der Waals surface area contributed by atoms with Crippen LogP contribution in [0.15, 0.2) is 30.5 Å². The quantitative estimate of drug-likeness (QED) is 0.807. The standard InChI is InChI=1S/C15H15ClF2N2O/c1-2-6-19-8-10-7-11(17)9-20-15(10)21-13-5-3-4-12(16)14(13)18/h3-5,7,9,19H,2,6,8H2,1H3. The summed E-state index contributed by atoms with van der Waals surface area (Å²) >= 11 is 5.70. The molecule has 1 heterocycles. The number of rotatable bonds is 6. The normalized spacial score (nSPS) is 10.7. The van der Waals surface area contributed by atoms with Crippen LogP contribution in [0.2, 0.25) is 5.02 Å². The zero-order chi connectivity index (χ0) is 15.2. The predicted octanol–water partition coefficient (Wildman–Crippen LogP) is 4.31. The second kappa shape index (κ2) is 7.33. The van der Waals surface area contributed by atoms with Crippen LogP contribution in [0.1, 0.15) is 18.9 Å². The highest BCUT2D eigenvalue weighted by Gasteiger charge is 2.13. The molecule has 2 rings (SSSR count). The smallest absolute Gasteiger partial charge is 0.224 e. The van der Waals surface area contributed by atoms with Crippen LogP contribution in [0.5, 0.6) is 11.6 Å². The average Bonchev–Trinajstić information content (AvgIpc) is 2.46. The van der Waals surface area contributed by atoms with Crippen molar-refractivity contribution in [2.75, 3.05) is 6.54 Å². The molecule has 0 radical (unpaired) electrons. The van der Waals surface area contributed by atoms with Crippen LogP contribution >= 0.6 is 11.6 Å². The Bertz CT molecular complexity index is 623. The van der Waals surface area contributed by atoms with Crippen molar-refractivity contribution in [1.29, 1.82) is 0 Å². The number of nitrogens with one attached hydrogen (secondary N) is 1. The lowest BCUT2D eigenvalue weighted by Crippen LogP contribution is -2.15. The molecule has 1 N–H and O–H groups in total. The fraction of sp³-hybridized carbons (Fsp3) is 0.267. The highest BCUT2D eigenvalue weighted by atomic mass is 35.5. The van der Waals surface area contributed by atoms with Crippen LogP contribution < -0.4 is 10.1 Å². The molecule has 6 heteroatoms. The van der Waals surface area contributed by atoms with Gasteiger partial charge < -0.3 is 10.1 Å². The van der Waals surface area contributed by atoms with E-state index in [1.807, 2.05) is 6.92 Å². The Morgan fingerprint density at radius 2 is 2.14 bits per heavy atom. The van der Waals surface area contributed by atoms with Crippen LogP contribution in [-0.4, -0.2) is 11.5 Å². The number of pyridine rings is 1. The van der Waals surface area contributed by atoms with E-state index in [0.717, 1.165) is 19.2 Å². The SMILES string of the molecule is CCCNCc1cc(F)cnc1Oc1cccc(Cl)c1F. The summed E-state index contributed by atoms with van der Waals surface area (Å²) in [7, 11) is 0. The Labute approximate surface area is 126 Å². The molecule has 0 aliphatic heterocycles. The third-order valence-corrected chi connectivity index (χ3v) is 3.05. The Hall–Kier alpha value is -1.72. The van der Waals surface area contributed by atoms with Gasteiger partial charge >= 0.3 is 0 Å². The number of ether oxygens (including phenoxy) is 1. The lowest BCUT2D eigenvalue weighted by atomic mass is 10.2. The molecule has 0 bridgehead atoms. The van der Waals surface area contributed by atoms with Gasteiger partial charge in [-0.1, -0.05) is 24.6 Å². The van der Waals surface area contributed by atoms with Gasteiger partial charge in [-0.15, -0.1) is 0 Å². The summed E-state index contributed by atoms with van der Waals surface area (Å²) in [5, 5.41) is 3.08. The summed E-state index contributed by atoms with van der Waals surface area (Å²) < 4.78 is 32.6. The lowest BCUT2D eigenvalue weighted by molar-refractivity contribution is 0.418. The molecule has 1 aromatic carbocycles. The molecular weight excluding hydrogens is 298 g/mol. The summed E-state index contributed by atoms with van der Waals surface area (Å²) in [6.07, 6.45) is 1.98. The fourth-order valence-corrected chi connectivity index (χ4v) is 1.92. The summed E-state index contributed by atoms with van der Waals surface area (Å²) in [4.78, 5) is 3.88. The molecule has 21 heavy (non-hydrogen) atoms. The predicted molar refractivity (Wildman–Crippen MR) is 77.7 cm³/mol. The number of benzene rings is 1. The highest BCUT2D eigenvalue weighted by molar-refractivity contribution is 6.30. The molecule has 3 nitrogen and oxygen atoms in total.